The van der Waals surface area contributed by atoms with Crippen LogP contribution in [0, 0.1) is 26.8 Å². The summed E-state index contributed by atoms with van der Waals surface area (Å²) >= 11 is 0. The number of aliphatic hydroxyl groups is 2. The zero-order valence-corrected chi connectivity index (χ0v) is 18.8. The second kappa shape index (κ2) is 10.4. The number of aryl methyl sites for hydroxylation is 3. The molecule has 3 rings (SSSR count). The molecular formula is C23H26IrNO2-. The Bertz CT molecular complexity index is 909. The third-order valence-corrected chi connectivity index (χ3v) is 3.81. The third-order valence-electron chi connectivity index (χ3n) is 3.81. The van der Waals surface area contributed by atoms with Gasteiger partial charge in [0.1, 0.15) is 0 Å². The first-order valence-corrected chi connectivity index (χ1v) is 8.68. The summed E-state index contributed by atoms with van der Waals surface area (Å²) in [6.07, 6.45) is 2.70. The monoisotopic (exact) mass is 541 g/mol. The van der Waals surface area contributed by atoms with Crippen molar-refractivity contribution in [3.05, 3.63) is 77.2 Å². The molecule has 1 radical (unpaired) electrons. The maximum Gasteiger partial charge on any atom is 0.0877 e. The number of hydrogen-bond donors (Lipinski definition) is 2. The second-order valence-corrected chi connectivity index (χ2v) is 6.69. The molecule has 1 heterocycles. The first-order valence-electron chi connectivity index (χ1n) is 8.68. The van der Waals surface area contributed by atoms with E-state index in [4.69, 9.17) is 10.2 Å². The SMILES string of the molecule is CC(O)=CC(C)O.Cc1[c-]c(-c2nccc3ccc(C)cc23)cc(C)c1.[Ir]. The molecule has 0 fully saturated rings. The Morgan fingerprint density at radius 2 is 1.78 bits per heavy atom. The van der Waals surface area contributed by atoms with Crippen molar-refractivity contribution in [2.75, 3.05) is 0 Å². The zero-order valence-electron chi connectivity index (χ0n) is 16.4. The number of pyridine rings is 1. The van der Waals surface area contributed by atoms with Crippen LogP contribution >= 0.6 is 0 Å². The third kappa shape index (κ3) is 6.91. The van der Waals surface area contributed by atoms with Crippen molar-refractivity contribution in [3.8, 4) is 11.3 Å². The summed E-state index contributed by atoms with van der Waals surface area (Å²) in [5.74, 6) is 0.162. The molecule has 27 heavy (non-hydrogen) atoms. The van der Waals surface area contributed by atoms with E-state index in [0.29, 0.717) is 0 Å². The van der Waals surface area contributed by atoms with Crippen molar-refractivity contribution in [2.45, 2.75) is 40.7 Å². The van der Waals surface area contributed by atoms with Crippen molar-refractivity contribution in [2.24, 2.45) is 0 Å². The van der Waals surface area contributed by atoms with E-state index in [1.54, 1.807) is 6.92 Å². The van der Waals surface area contributed by atoms with Gasteiger partial charge in [-0.1, -0.05) is 37.6 Å². The quantitative estimate of drug-likeness (QED) is 0.336. The number of hydrogen-bond acceptors (Lipinski definition) is 3. The molecule has 0 amide bonds. The molecule has 0 saturated carbocycles. The van der Waals surface area contributed by atoms with Crippen LogP contribution < -0.4 is 0 Å². The minimum absolute atomic E-state index is 0. The fraction of sp³-hybridized carbons (Fsp3) is 0.261. The van der Waals surface area contributed by atoms with Gasteiger partial charge in [0.2, 0.25) is 0 Å². The van der Waals surface area contributed by atoms with Crippen LogP contribution in [0.2, 0.25) is 0 Å². The van der Waals surface area contributed by atoms with Crippen LogP contribution in [0.25, 0.3) is 22.0 Å². The molecule has 0 spiro atoms. The van der Waals surface area contributed by atoms with Crippen molar-refractivity contribution in [1.29, 1.82) is 0 Å². The topological polar surface area (TPSA) is 53.4 Å². The van der Waals surface area contributed by atoms with Gasteiger partial charge in [0.15, 0.2) is 0 Å². The molecule has 1 aromatic heterocycles. The summed E-state index contributed by atoms with van der Waals surface area (Å²) in [6.45, 7) is 9.40. The van der Waals surface area contributed by atoms with Gasteiger partial charge in [-0.25, -0.2) is 0 Å². The first kappa shape index (κ1) is 23.0. The Hall–Kier alpha value is -2.00. The van der Waals surface area contributed by atoms with E-state index >= 15 is 0 Å². The first-order chi connectivity index (χ1) is 12.3. The van der Waals surface area contributed by atoms with Gasteiger partial charge >= 0.3 is 0 Å². The van der Waals surface area contributed by atoms with Gasteiger partial charge in [-0.3, -0.25) is 0 Å². The van der Waals surface area contributed by atoms with E-state index in [2.05, 4.69) is 68.2 Å². The molecule has 3 aromatic rings. The Morgan fingerprint density at radius 1 is 1.07 bits per heavy atom. The predicted molar refractivity (Wildman–Crippen MR) is 108 cm³/mol. The minimum Gasteiger partial charge on any atom is -0.513 e. The molecule has 2 N–H and O–H groups in total. The van der Waals surface area contributed by atoms with E-state index in [-0.39, 0.29) is 25.9 Å². The van der Waals surface area contributed by atoms with Crippen LogP contribution in [-0.2, 0) is 20.1 Å². The van der Waals surface area contributed by atoms with E-state index in [1.165, 1.54) is 34.9 Å². The smallest absolute Gasteiger partial charge is 0.0877 e. The molecule has 0 aliphatic carbocycles. The van der Waals surface area contributed by atoms with Crippen molar-refractivity contribution in [1.82, 2.24) is 4.98 Å². The summed E-state index contributed by atoms with van der Waals surface area (Å²) < 4.78 is 0. The Morgan fingerprint density at radius 3 is 2.33 bits per heavy atom. The number of nitrogens with zero attached hydrogens (tertiary/aromatic N) is 1. The number of allylic oxidation sites excluding steroid dienone is 1. The maximum atomic E-state index is 8.49. The average Bonchev–Trinajstić information content (AvgIpc) is 2.52. The summed E-state index contributed by atoms with van der Waals surface area (Å²) in [7, 11) is 0. The fourth-order valence-corrected chi connectivity index (χ4v) is 2.87. The van der Waals surface area contributed by atoms with Crippen LogP contribution in [0.1, 0.15) is 30.5 Å². The summed E-state index contributed by atoms with van der Waals surface area (Å²) in [4.78, 5) is 4.57. The molecular weight excluding hydrogens is 514 g/mol. The molecule has 1 unspecified atom stereocenters. The molecule has 3 nitrogen and oxygen atoms in total. The zero-order chi connectivity index (χ0) is 19.3. The van der Waals surface area contributed by atoms with Crippen LogP contribution in [0.3, 0.4) is 0 Å². The van der Waals surface area contributed by atoms with E-state index in [9.17, 15) is 0 Å². The van der Waals surface area contributed by atoms with E-state index in [1.807, 2.05) is 6.20 Å². The standard InChI is InChI=1S/C18H16N.C5H10O2.Ir/c1-12-4-5-15-6-7-19-18(17(15)11-12)16-9-13(2)8-14(3)10-16;1-4(6)3-5(2)7;/h4-9,11H,1-3H3;3-4,6-7H,1-2H3;/q-1;;. The van der Waals surface area contributed by atoms with Gasteiger partial charge in [0, 0.05) is 26.3 Å². The Labute approximate surface area is 175 Å². The molecule has 0 aliphatic heterocycles. The summed E-state index contributed by atoms with van der Waals surface area (Å²) in [5, 5.41) is 19.3. The van der Waals surface area contributed by atoms with Gasteiger partial charge in [-0.2, -0.15) is 0 Å². The van der Waals surface area contributed by atoms with Gasteiger partial charge < -0.3 is 15.2 Å². The number of aromatic nitrogens is 1. The fourth-order valence-electron chi connectivity index (χ4n) is 2.87. The maximum absolute atomic E-state index is 8.49. The Balaban J connectivity index is 0.000000395. The number of fused-ring (bicyclic) bond motifs is 1. The Kier molecular flexibility index (Phi) is 8.84. The average molecular weight is 541 g/mol. The largest absolute Gasteiger partial charge is 0.513 e. The molecule has 4 heteroatoms. The van der Waals surface area contributed by atoms with Gasteiger partial charge in [0.25, 0.3) is 0 Å². The van der Waals surface area contributed by atoms with Crippen molar-refractivity contribution in [3.63, 3.8) is 0 Å². The molecule has 2 aromatic carbocycles. The molecule has 0 bridgehead atoms. The van der Waals surface area contributed by atoms with Crippen molar-refractivity contribution >= 4 is 10.8 Å². The number of benzene rings is 2. The van der Waals surface area contributed by atoms with E-state index in [0.717, 1.165) is 16.8 Å². The summed E-state index contributed by atoms with van der Waals surface area (Å²) in [5.41, 5.74) is 5.76. The molecule has 0 saturated heterocycles. The van der Waals surface area contributed by atoms with Gasteiger partial charge in [-0.15, -0.1) is 34.9 Å². The number of aliphatic hydroxyl groups excluding tert-OH is 2. The molecule has 0 aliphatic rings. The molecule has 1 atom stereocenters. The van der Waals surface area contributed by atoms with Crippen molar-refractivity contribution < 1.29 is 30.3 Å². The normalized spacial score (nSPS) is 12.0. The van der Waals surface area contributed by atoms with Gasteiger partial charge in [-0.05, 0) is 49.4 Å². The van der Waals surface area contributed by atoms with Gasteiger partial charge in [0.05, 0.1) is 11.9 Å². The van der Waals surface area contributed by atoms with Crippen LogP contribution in [0.15, 0.2) is 54.4 Å². The predicted octanol–water partition coefficient (Wildman–Crippen LogP) is 5.45. The van der Waals surface area contributed by atoms with Crippen LogP contribution in [0.4, 0.5) is 0 Å². The molecule has 145 valence electrons. The summed E-state index contributed by atoms with van der Waals surface area (Å²) in [6, 6.07) is 16.2. The second-order valence-electron chi connectivity index (χ2n) is 6.69. The minimum atomic E-state index is -0.537. The van der Waals surface area contributed by atoms with E-state index < -0.39 is 6.10 Å². The number of rotatable bonds is 2. The van der Waals surface area contributed by atoms with Crippen LogP contribution in [0.5, 0.6) is 0 Å². The van der Waals surface area contributed by atoms with Crippen LogP contribution in [-0.4, -0.2) is 21.3 Å².